The molecule has 3 aromatic rings. The maximum atomic E-state index is 11.1. The van der Waals surface area contributed by atoms with Crippen molar-refractivity contribution in [3.63, 3.8) is 0 Å². The first kappa shape index (κ1) is 17.3. The number of nitro groups is 1. The van der Waals surface area contributed by atoms with E-state index in [-0.39, 0.29) is 21.3 Å². The molecule has 0 radical (unpaired) electrons. The molecule has 0 atom stereocenters. The van der Waals surface area contributed by atoms with E-state index in [2.05, 4.69) is 15.5 Å². The van der Waals surface area contributed by atoms with E-state index < -0.39 is 4.92 Å². The van der Waals surface area contributed by atoms with Crippen molar-refractivity contribution in [3.05, 3.63) is 73.6 Å². The molecule has 0 saturated carbocycles. The Labute approximate surface area is 156 Å². The molecule has 2 aromatic carbocycles. The van der Waals surface area contributed by atoms with E-state index >= 15 is 0 Å². The minimum absolute atomic E-state index is 0.0746. The Hall–Kier alpha value is -2.48. The largest absolute Gasteiger partial charge is 0.279 e. The van der Waals surface area contributed by atoms with E-state index in [1.165, 1.54) is 29.7 Å². The van der Waals surface area contributed by atoms with Gasteiger partial charge in [0.25, 0.3) is 5.69 Å². The number of hydrogen-bond donors (Lipinski definition) is 1. The van der Waals surface area contributed by atoms with Crippen LogP contribution in [0.5, 0.6) is 0 Å². The minimum Gasteiger partial charge on any atom is -0.258 e. The van der Waals surface area contributed by atoms with E-state index in [0.717, 1.165) is 11.3 Å². The summed E-state index contributed by atoms with van der Waals surface area (Å²) < 4.78 is 0. The predicted molar refractivity (Wildman–Crippen MR) is 102 cm³/mol. The summed E-state index contributed by atoms with van der Waals surface area (Å²) in [4.78, 5) is 15.0. The maximum Gasteiger partial charge on any atom is 0.279 e. The summed E-state index contributed by atoms with van der Waals surface area (Å²) >= 11 is 13.3. The third kappa shape index (κ3) is 3.96. The molecular weight excluding hydrogens is 383 g/mol. The first-order valence-electron chi connectivity index (χ1n) is 6.98. The second-order valence-electron chi connectivity index (χ2n) is 4.83. The summed E-state index contributed by atoms with van der Waals surface area (Å²) in [6.07, 6.45) is 1.26. The quantitative estimate of drug-likeness (QED) is 0.354. The number of hydrogen-bond acceptors (Lipinski definition) is 6. The van der Waals surface area contributed by atoms with Crippen molar-refractivity contribution >= 4 is 51.6 Å². The zero-order valence-electron chi connectivity index (χ0n) is 12.5. The van der Waals surface area contributed by atoms with Crippen molar-refractivity contribution in [2.75, 3.05) is 5.43 Å². The lowest BCUT2D eigenvalue weighted by molar-refractivity contribution is -0.385. The molecule has 0 aliphatic heterocycles. The number of halogens is 2. The number of nitro benzene ring substituents is 1. The number of benzene rings is 2. The molecule has 0 unspecified atom stereocenters. The van der Waals surface area contributed by atoms with Crippen molar-refractivity contribution in [2.24, 2.45) is 5.10 Å². The molecule has 3 rings (SSSR count). The van der Waals surface area contributed by atoms with Gasteiger partial charge >= 0.3 is 0 Å². The van der Waals surface area contributed by atoms with Crippen LogP contribution in [0.4, 0.5) is 10.8 Å². The minimum atomic E-state index is -0.541. The normalized spacial score (nSPS) is 11.0. The molecule has 1 heterocycles. The molecule has 25 heavy (non-hydrogen) atoms. The molecule has 0 saturated heterocycles. The average Bonchev–Trinajstić information content (AvgIpc) is 3.08. The number of anilines is 1. The first-order chi connectivity index (χ1) is 12.1. The van der Waals surface area contributed by atoms with Gasteiger partial charge in [-0.25, -0.2) is 4.98 Å². The molecule has 6 nitrogen and oxygen atoms in total. The highest BCUT2D eigenvalue weighted by molar-refractivity contribution is 7.14. The van der Waals surface area contributed by atoms with Crippen LogP contribution in [0.25, 0.3) is 11.3 Å². The second kappa shape index (κ2) is 7.60. The fraction of sp³-hybridized carbons (Fsp3) is 0. The van der Waals surface area contributed by atoms with Gasteiger partial charge in [0.15, 0.2) is 0 Å². The topological polar surface area (TPSA) is 80.4 Å². The molecule has 0 spiro atoms. The smallest absolute Gasteiger partial charge is 0.258 e. The van der Waals surface area contributed by atoms with Crippen molar-refractivity contribution in [1.82, 2.24) is 4.98 Å². The van der Waals surface area contributed by atoms with Gasteiger partial charge in [0, 0.05) is 17.0 Å². The van der Waals surface area contributed by atoms with E-state index in [1.54, 1.807) is 0 Å². The monoisotopic (exact) mass is 392 g/mol. The highest BCUT2D eigenvalue weighted by atomic mass is 35.5. The van der Waals surface area contributed by atoms with Gasteiger partial charge in [-0.1, -0.05) is 53.5 Å². The molecule has 9 heteroatoms. The highest BCUT2D eigenvalue weighted by Gasteiger charge is 2.17. The molecule has 1 aromatic heterocycles. The third-order valence-electron chi connectivity index (χ3n) is 3.23. The van der Waals surface area contributed by atoms with Gasteiger partial charge in [0.1, 0.15) is 0 Å². The Morgan fingerprint density at radius 2 is 1.96 bits per heavy atom. The molecule has 1 N–H and O–H groups in total. The second-order valence-corrected chi connectivity index (χ2v) is 6.47. The van der Waals surface area contributed by atoms with E-state index in [9.17, 15) is 10.1 Å². The van der Waals surface area contributed by atoms with Crippen molar-refractivity contribution in [2.45, 2.75) is 0 Å². The molecular formula is C16H10Cl2N4O2S. The van der Waals surface area contributed by atoms with Crippen LogP contribution in [0, 0.1) is 10.1 Å². The SMILES string of the molecule is O=[N+]([O-])c1ccc(Cl)c(Cl)c1C=NNc1nc(-c2ccccc2)cs1. The number of rotatable bonds is 5. The van der Waals surface area contributed by atoms with Gasteiger partial charge < -0.3 is 0 Å². The van der Waals surface area contributed by atoms with E-state index in [1.807, 2.05) is 35.7 Å². The predicted octanol–water partition coefficient (Wildman–Crippen LogP) is 5.47. The van der Waals surface area contributed by atoms with Crippen molar-refractivity contribution < 1.29 is 4.92 Å². The number of nitrogens with one attached hydrogen (secondary N) is 1. The Morgan fingerprint density at radius 1 is 1.20 bits per heavy atom. The highest BCUT2D eigenvalue weighted by Crippen LogP contribution is 2.31. The van der Waals surface area contributed by atoms with Crippen LogP contribution in [0.1, 0.15) is 5.56 Å². The zero-order chi connectivity index (χ0) is 17.8. The van der Waals surface area contributed by atoms with Crippen LogP contribution in [0.2, 0.25) is 10.0 Å². The van der Waals surface area contributed by atoms with Gasteiger partial charge in [-0.2, -0.15) is 5.10 Å². The van der Waals surface area contributed by atoms with Crippen LogP contribution in [0.15, 0.2) is 52.9 Å². The maximum absolute atomic E-state index is 11.1. The summed E-state index contributed by atoms with van der Waals surface area (Å²) in [7, 11) is 0. The Bertz CT molecular complexity index is 945. The van der Waals surface area contributed by atoms with Crippen molar-refractivity contribution in [3.8, 4) is 11.3 Å². The molecule has 0 fully saturated rings. The van der Waals surface area contributed by atoms with Crippen LogP contribution in [-0.2, 0) is 0 Å². The number of nitrogens with zero attached hydrogens (tertiary/aromatic N) is 3. The molecule has 0 bridgehead atoms. The van der Waals surface area contributed by atoms with Crippen LogP contribution >= 0.6 is 34.5 Å². The van der Waals surface area contributed by atoms with Gasteiger partial charge in [0.2, 0.25) is 5.13 Å². The number of hydrazone groups is 1. The van der Waals surface area contributed by atoms with Crippen LogP contribution in [0.3, 0.4) is 0 Å². The van der Waals surface area contributed by atoms with Crippen LogP contribution < -0.4 is 5.43 Å². The molecule has 0 amide bonds. The number of aromatic nitrogens is 1. The number of thiazole rings is 1. The molecule has 0 aliphatic rings. The summed E-state index contributed by atoms with van der Waals surface area (Å²) in [5.41, 5.74) is 4.51. The zero-order valence-corrected chi connectivity index (χ0v) is 14.8. The summed E-state index contributed by atoms with van der Waals surface area (Å²) in [6.45, 7) is 0. The standard InChI is InChI=1S/C16H10Cl2N4O2S/c17-12-6-7-14(22(23)24)11(15(12)18)8-19-21-16-20-13(9-25-16)10-4-2-1-3-5-10/h1-9H,(H,20,21). The Balaban J connectivity index is 1.80. The first-order valence-corrected chi connectivity index (χ1v) is 8.62. The fourth-order valence-electron chi connectivity index (χ4n) is 2.06. The van der Waals surface area contributed by atoms with Gasteiger partial charge in [-0.15, -0.1) is 11.3 Å². The summed E-state index contributed by atoms with van der Waals surface area (Å²) in [5.74, 6) is 0. The lowest BCUT2D eigenvalue weighted by Crippen LogP contribution is -1.98. The van der Waals surface area contributed by atoms with Gasteiger partial charge in [-0.3, -0.25) is 15.5 Å². The van der Waals surface area contributed by atoms with Crippen LogP contribution in [-0.4, -0.2) is 16.1 Å². The molecule has 126 valence electrons. The molecule has 0 aliphatic carbocycles. The Kier molecular flexibility index (Phi) is 5.28. The Morgan fingerprint density at radius 3 is 2.68 bits per heavy atom. The van der Waals surface area contributed by atoms with E-state index in [4.69, 9.17) is 23.2 Å². The van der Waals surface area contributed by atoms with Gasteiger partial charge in [-0.05, 0) is 6.07 Å². The summed E-state index contributed by atoms with van der Waals surface area (Å²) in [5, 5.41) is 17.8. The van der Waals surface area contributed by atoms with E-state index in [0.29, 0.717) is 5.13 Å². The summed E-state index contributed by atoms with van der Waals surface area (Å²) in [6, 6.07) is 12.4. The average molecular weight is 393 g/mol. The fourth-order valence-corrected chi connectivity index (χ4v) is 3.10. The van der Waals surface area contributed by atoms with Crippen molar-refractivity contribution in [1.29, 1.82) is 0 Å². The lowest BCUT2D eigenvalue weighted by Gasteiger charge is -2.02. The van der Waals surface area contributed by atoms with Gasteiger partial charge in [0.05, 0.1) is 32.4 Å². The lowest BCUT2D eigenvalue weighted by atomic mass is 10.2. The third-order valence-corrected chi connectivity index (χ3v) is 4.80.